The molecule has 2 heteroatoms. The van der Waals surface area contributed by atoms with E-state index in [9.17, 15) is 4.39 Å². The normalized spacial score (nSPS) is 7.50. The van der Waals surface area contributed by atoms with Gasteiger partial charge in [0.25, 0.3) is 0 Å². The van der Waals surface area contributed by atoms with Crippen molar-refractivity contribution in [3.63, 3.8) is 0 Å². The number of rotatable bonds is 0. The summed E-state index contributed by atoms with van der Waals surface area (Å²) in [4.78, 5) is 0. The van der Waals surface area contributed by atoms with E-state index in [1.54, 1.807) is 0 Å². The zero-order valence-corrected chi connectivity index (χ0v) is 3.68. The molecule has 0 nitrogen and oxygen atoms in total. The Morgan fingerprint density at radius 3 is 2.83 bits per heavy atom. The van der Waals surface area contributed by atoms with Gasteiger partial charge < -0.3 is 0 Å². The van der Waals surface area contributed by atoms with E-state index in [2.05, 4.69) is 11.4 Å². The fraction of sp³-hybridized carbons (Fsp3) is 0. The van der Waals surface area contributed by atoms with Gasteiger partial charge in [0.2, 0.25) is 0 Å². The maximum Gasteiger partial charge on any atom is 0.193 e. The van der Waals surface area contributed by atoms with Gasteiger partial charge in [-0.3, -0.25) is 0 Å². The molecule has 0 bridgehead atoms. The van der Waals surface area contributed by atoms with Crippen LogP contribution in [-0.2, 0) is 0 Å². The van der Waals surface area contributed by atoms with Crippen LogP contribution in [0.5, 0.6) is 0 Å². The number of halogens is 1. The van der Waals surface area contributed by atoms with Gasteiger partial charge in [0.1, 0.15) is 0 Å². The van der Waals surface area contributed by atoms with Gasteiger partial charge >= 0.3 is 0 Å². The van der Waals surface area contributed by atoms with Crippen molar-refractivity contribution in [1.29, 1.82) is 0 Å². The Hall–Kier alpha value is -0.550. The monoisotopic (exact) mass is 100.0 g/mol. The average Bonchev–Trinajstić information content (AvgIpc) is 1.86. The lowest BCUT2D eigenvalue weighted by atomic mass is 10.8. The fourth-order valence-corrected chi connectivity index (χ4v) is 0.527. The molecule has 0 spiro atoms. The summed E-state index contributed by atoms with van der Waals surface area (Å²) in [6, 6.07) is 3.70. The van der Waals surface area contributed by atoms with E-state index in [1.807, 2.05) is 0 Å². The van der Waals surface area contributed by atoms with Crippen LogP contribution in [0, 0.1) is 16.6 Å². The molecule has 0 radical (unpaired) electrons. The van der Waals surface area contributed by atoms with Gasteiger partial charge in [0, 0.05) is 6.07 Å². The van der Waals surface area contributed by atoms with Crippen LogP contribution in [0.25, 0.3) is 0 Å². The van der Waals surface area contributed by atoms with E-state index in [1.165, 1.54) is 6.07 Å². The average molecular weight is 100 g/mol. The predicted molar refractivity (Wildman–Crippen MR) is 21.9 cm³/mol. The van der Waals surface area contributed by atoms with Crippen LogP contribution in [0.1, 0.15) is 0 Å². The molecule has 0 saturated heterocycles. The Bertz CT molecular complexity index is 111. The first kappa shape index (κ1) is 3.63. The van der Waals surface area contributed by atoms with Gasteiger partial charge in [0.05, 0.1) is 0 Å². The van der Waals surface area contributed by atoms with E-state index < -0.39 is 0 Å². The molecule has 1 rings (SSSR count). The number of hydrogen-bond acceptors (Lipinski definition) is 1. The van der Waals surface area contributed by atoms with Crippen LogP contribution in [-0.4, -0.2) is 0 Å². The van der Waals surface area contributed by atoms with Gasteiger partial charge in [-0.1, -0.05) is 17.4 Å². The summed E-state index contributed by atoms with van der Waals surface area (Å²) in [6.07, 6.45) is 0. The summed E-state index contributed by atoms with van der Waals surface area (Å²) in [5.74, 6) is 0. The quantitative estimate of drug-likeness (QED) is 0.463. The zero-order chi connectivity index (χ0) is 4.41. The van der Waals surface area contributed by atoms with E-state index in [-0.39, 0.29) is 5.13 Å². The Morgan fingerprint density at radius 1 is 1.83 bits per heavy atom. The molecule has 0 aliphatic heterocycles. The lowest BCUT2D eigenvalue weighted by molar-refractivity contribution is 0.657. The smallest absolute Gasteiger partial charge is 0.193 e. The molecular weight excluding hydrogens is 99.1 g/mol. The molecule has 0 fully saturated rings. The fourth-order valence-electron chi connectivity index (χ4n) is 0.194. The molecule has 0 aromatic carbocycles. The lowest BCUT2D eigenvalue weighted by Crippen LogP contribution is -1.44. The maximum atomic E-state index is 11.6. The third kappa shape index (κ3) is 0.498. The summed E-state index contributed by atoms with van der Waals surface area (Å²) in [5.41, 5.74) is 0. The Kier molecular flexibility index (Phi) is 0.771. The first-order valence-corrected chi connectivity index (χ1v) is 2.24. The van der Waals surface area contributed by atoms with E-state index in [0.29, 0.717) is 0 Å². The topological polar surface area (TPSA) is 0 Å². The van der Waals surface area contributed by atoms with Crippen LogP contribution >= 0.6 is 11.3 Å². The largest absolute Gasteiger partial charge is 0.194 e. The third-order valence-electron chi connectivity index (χ3n) is 0.393. The van der Waals surface area contributed by atoms with Gasteiger partial charge in [-0.25, -0.2) is 0 Å². The highest BCUT2D eigenvalue weighted by Gasteiger charge is 1.78. The van der Waals surface area contributed by atoms with Crippen molar-refractivity contribution in [3.8, 4) is 0 Å². The van der Waals surface area contributed by atoms with Crippen molar-refractivity contribution >= 4 is 11.3 Å². The van der Waals surface area contributed by atoms with Crippen LogP contribution in [0.2, 0.25) is 0 Å². The van der Waals surface area contributed by atoms with Gasteiger partial charge in [0.15, 0.2) is 5.13 Å². The highest BCUT2D eigenvalue weighted by molar-refractivity contribution is 7.07. The van der Waals surface area contributed by atoms with Gasteiger partial charge in [-0.2, -0.15) is 4.39 Å². The minimum Gasteiger partial charge on any atom is -0.194 e. The molecule has 0 atom stereocenters. The van der Waals surface area contributed by atoms with Gasteiger partial charge in [-0.15, -0.1) is 0 Å². The summed E-state index contributed by atoms with van der Waals surface area (Å²) in [5, 5.41) is 2.24. The maximum absolute atomic E-state index is 11.6. The molecule has 6 heavy (non-hydrogen) atoms. The molecule has 30 valence electrons. The van der Waals surface area contributed by atoms with Crippen LogP contribution < -0.4 is 0 Å². The second-order valence-corrected chi connectivity index (χ2v) is 1.60. The molecule has 1 heterocycles. The molecule has 0 N–H and O–H groups in total. The van der Waals surface area contributed by atoms with E-state index in [4.69, 9.17) is 0 Å². The molecule has 1 aromatic rings. The molecule has 0 aliphatic rings. The summed E-state index contributed by atoms with van der Waals surface area (Å²) >= 11 is 0.931. The van der Waals surface area contributed by atoms with Crippen molar-refractivity contribution in [2.24, 2.45) is 0 Å². The Morgan fingerprint density at radius 2 is 2.67 bits per heavy atom. The molecule has 0 amide bonds. The minimum atomic E-state index is -0.227. The minimum absolute atomic E-state index is 0.227. The first-order chi connectivity index (χ1) is 2.89. The van der Waals surface area contributed by atoms with Gasteiger partial charge in [-0.05, 0) is 5.38 Å². The predicted octanol–water partition coefficient (Wildman–Crippen LogP) is 1.49. The lowest BCUT2D eigenvalue weighted by Gasteiger charge is -1.58. The molecule has 0 saturated carbocycles. The van der Waals surface area contributed by atoms with Crippen molar-refractivity contribution < 1.29 is 4.39 Å². The Labute approximate surface area is 39.2 Å². The first-order valence-electron chi connectivity index (χ1n) is 1.42. The SMILES string of the molecule is Fc1cc#cs1. The Balaban J connectivity index is 3.05. The highest BCUT2D eigenvalue weighted by atomic mass is 32.1. The van der Waals surface area contributed by atoms with Crippen LogP contribution in [0.3, 0.4) is 0 Å². The highest BCUT2D eigenvalue weighted by Crippen LogP contribution is 1.96. The molecule has 0 aliphatic carbocycles. The summed E-state index contributed by atoms with van der Waals surface area (Å²) in [6.45, 7) is 0. The van der Waals surface area contributed by atoms with Crippen molar-refractivity contribution in [1.82, 2.24) is 0 Å². The standard InChI is InChI=1S/C4HFS/c5-4-2-1-3-6-4/h2H. The van der Waals surface area contributed by atoms with Crippen molar-refractivity contribution in [3.05, 3.63) is 22.6 Å². The van der Waals surface area contributed by atoms with Crippen molar-refractivity contribution in [2.45, 2.75) is 0 Å². The second kappa shape index (κ2) is 1.27. The second-order valence-electron chi connectivity index (χ2n) is 0.797. The zero-order valence-electron chi connectivity index (χ0n) is 2.86. The van der Waals surface area contributed by atoms with E-state index >= 15 is 0 Å². The molecule has 0 unspecified atom stereocenters. The molecule has 1 aromatic heterocycles. The van der Waals surface area contributed by atoms with Crippen LogP contribution in [0.4, 0.5) is 4.39 Å². The summed E-state index contributed by atoms with van der Waals surface area (Å²) < 4.78 is 11.6. The van der Waals surface area contributed by atoms with Crippen molar-refractivity contribution in [2.75, 3.05) is 0 Å². The van der Waals surface area contributed by atoms with E-state index in [0.717, 1.165) is 11.3 Å². The number of hydrogen-bond donors (Lipinski definition) is 0. The summed E-state index contributed by atoms with van der Waals surface area (Å²) in [7, 11) is 0. The third-order valence-corrected chi connectivity index (χ3v) is 0.926. The molecular formula is C4HFS. The van der Waals surface area contributed by atoms with Crippen LogP contribution in [0.15, 0.2) is 6.07 Å².